The lowest BCUT2D eigenvalue weighted by Gasteiger charge is -2.21. The first-order valence-corrected chi connectivity index (χ1v) is 11.8. The lowest BCUT2D eigenvalue weighted by molar-refractivity contribution is -0.152. The number of sulfonamides is 1. The molecule has 11 heteroatoms. The molecule has 3 aromatic rings. The second-order valence-corrected chi connectivity index (χ2v) is 10.7. The van der Waals surface area contributed by atoms with Gasteiger partial charge in [-0.15, -0.1) is 0 Å². The fraction of sp³-hybridized carbons (Fsp3) is 0.476. The summed E-state index contributed by atoms with van der Waals surface area (Å²) in [6.45, 7) is 5.94. The van der Waals surface area contributed by atoms with Gasteiger partial charge in [0.05, 0.1) is 17.1 Å². The summed E-state index contributed by atoms with van der Waals surface area (Å²) in [5.74, 6) is -0.632. The zero-order valence-electron chi connectivity index (χ0n) is 17.8. The van der Waals surface area contributed by atoms with E-state index in [4.69, 9.17) is 0 Å². The number of aromatic amines is 1. The van der Waals surface area contributed by atoms with Gasteiger partial charge in [0.2, 0.25) is 10.0 Å². The minimum Gasteiger partial charge on any atom is -0.347 e. The van der Waals surface area contributed by atoms with Crippen LogP contribution in [0.15, 0.2) is 24.5 Å². The number of aromatic nitrogens is 3. The molecule has 1 aliphatic rings. The molecule has 1 fully saturated rings. The summed E-state index contributed by atoms with van der Waals surface area (Å²) >= 11 is 0. The summed E-state index contributed by atoms with van der Waals surface area (Å²) in [7, 11) is -4.15. The number of hydrogen-bond donors (Lipinski definition) is 2. The molecule has 1 aromatic carbocycles. The number of hydrogen-bond acceptors (Lipinski definition) is 3. The minimum atomic E-state index is -4.89. The van der Waals surface area contributed by atoms with Crippen LogP contribution in [0.3, 0.4) is 0 Å². The summed E-state index contributed by atoms with van der Waals surface area (Å²) in [4.78, 5) is 0. The van der Waals surface area contributed by atoms with Gasteiger partial charge in [-0.2, -0.15) is 23.0 Å². The lowest BCUT2D eigenvalue weighted by atomic mass is 10.0. The van der Waals surface area contributed by atoms with Crippen LogP contribution in [0.4, 0.5) is 17.6 Å². The maximum absolute atomic E-state index is 15.1. The molecule has 0 spiro atoms. The number of halogens is 4. The summed E-state index contributed by atoms with van der Waals surface area (Å²) in [5.41, 5.74) is 1.38. The SMILES string of the molecule is Cc1cn[nH]c1-c1cc2c(cc1F)c(C(NS(=O)(=O)C1CC1)C(F)(F)F)cn2CC(C)C. The van der Waals surface area contributed by atoms with Crippen molar-refractivity contribution in [3.63, 3.8) is 0 Å². The molecule has 0 saturated heterocycles. The van der Waals surface area contributed by atoms with Crippen molar-refractivity contribution in [3.05, 3.63) is 41.5 Å². The highest BCUT2D eigenvalue weighted by Crippen LogP contribution is 2.41. The highest BCUT2D eigenvalue weighted by Gasteiger charge is 2.47. The van der Waals surface area contributed by atoms with Crippen LogP contribution in [0, 0.1) is 18.7 Å². The predicted molar refractivity (Wildman–Crippen MR) is 113 cm³/mol. The fourth-order valence-electron chi connectivity index (χ4n) is 3.87. The zero-order valence-corrected chi connectivity index (χ0v) is 18.6. The van der Waals surface area contributed by atoms with Crippen LogP contribution in [0.2, 0.25) is 0 Å². The van der Waals surface area contributed by atoms with E-state index in [1.54, 1.807) is 11.5 Å². The monoisotopic (exact) mass is 472 g/mol. The maximum Gasteiger partial charge on any atom is 0.408 e. The molecule has 174 valence electrons. The van der Waals surface area contributed by atoms with Gasteiger partial charge >= 0.3 is 6.18 Å². The van der Waals surface area contributed by atoms with Gasteiger partial charge in [-0.25, -0.2) is 12.8 Å². The van der Waals surface area contributed by atoms with E-state index in [0.717, 1.165) is 6.07 Å². The van der Waals surface area contributed by atoms with Gasteiger partial charge in [-0.1, -0.05) is 13.8 Å². The van der Waals surface area contributed by atoms with Crippen molar-refractivity contribution in [2.45, 2.75) is 57.6 Å². The number of nitrogens with one attached hydrogen (secondary N) is 2. The second-order valence-electron chi connectivity index (χ2n) is 8.74. The maximum atomic E-state index is 15.1. The molecular formula is C21H24F4N4O2S. The van der Waals surface area contributed by atoms with Crippen molar-refractivity contribution in [2.24, 2.45) is 5.92 Å². The molecule has 1 aliphatic carbocycles. The van der Waals surface area contributed by atoms with E-state index in [1.165, 1.54) is 18.5 Å². The second kappa shape index (κ2) is 7.87. The van der Waals surface area contributed by atoms with Gasteiger partial charge < -0.3 is 4.57 Å². The third-order valence-electron chi connectivity index (χ3n) is 5.54. The summed E-state index contributed by atoms with van der Waals surface area (Å²) in [6, 6.07) is 0.0596. The van der Waals surface area contributed by atoms with Gasteiger partial charge in [0.25, 0.3) is 0 Å². The number of H-pyrrole nitrogens is 1. The molecule has 2 aromatic heterocycles. The largest absolute Gasteiger partial charge is 0.408 e. The van der Waals surface area contributed by atoms with Crippen molar-refractivity contribution in [2.75, 3.05) is 0 Å². The van der Waals surface area contributed by atoms with Gasteiger partial charge in [0.15, 0.2) is 0 Å². The normalized spacial score (nSPS) is 16.2. The van der Waals surface area contributed by atoms with Crippen molar-refractivity contribution in [3.8, 4) is 11.3 Å². The van der Waals surface area contributed by atoms with E-state index in [9.17, 15) is 21.6 Å². The fourth-order valence-corrected chi connectivity index (χ4v) is 5.41. The first kappa shape index (κ1) is 22.8. The number of nitrogens with zero attached hydrogens (tertiary/aromatic N) is 2. The summed E-state index contributed by atoms with van der Waals surface area (Å²) < 4.78 is 85.3. The molecule has 0 amide bonds. The topological polar surface area (TPSA) is 79.8 Å². The number of aryl methyl sites for hydroxylation is 1. The summed E-state index contributed by atoms with van der Waals surface area (Å²) in [5, 5.41) is 5.82. The van der Waals surface area contributed by atoms with Crippen molar-refractivity contribution < 1.29 is 26.0 Å². The van der Waals surface area contributed by atoms with Crippen LogP contribution in [0.25, 0.3) is 22.2 Å². The Kier molecular flexibility index (Phi) is 5.61. The first-order chi connectivity index (χ1) is 14.9. The Morgan fingerprint density at radius 3 is 2.50 bits per heavy atom. The van der Waals surface area contributed by atoms with E-state index in [-0.39, 0.29) is 22.4 Å². The van der Waals surface area contributed by atoms with Crippen LogP contribution in [-0.4, -0.2) is 34.6 Å². The van der Waals surface area contributed by atoms with E-state index in [2.05, 4.69) is 10.2 Å². The molecule has 2 heterocycles. The number of benzene rings is 1. The molecule has 32 heavy (non-hydrogen) atoms. The predicted octanol–water partition coefficient (Wildman–Crippen LogP) is 4.82. The first-order valence-electron chi connectivity index (χ1n) is 10.3. The number of fused-ring (bicyclic) bond motifs is 1. The van der Waals surface area contributed by atoms with Crippen LogP contribution in [-0.2, 0) is 16.6 Å². The smallest absolute Gasteiger partial charge is 0.347 e. The van der Waals surface area contributed by atoms with E-state index in [1.807, 2.05) is 18.6 Å². The molecule has 0 aliphatic heterocycles. The van der Waals surface area contributed by atoms with Crippen LogP contribution < -0.4 is 4.72 Å². The molecule has 1 atom stereocenters. The lowest BCUT2D eigenvalue weighted by Crippen LogP contribution is -2.39. The van der Waals surface area contributed by atoms with Crippen LogP contribution in [0.1, 0.15) is 43.9 Å². The Bertz CT molecular complexity index is 1260. The molecular weight excluding hydrogens is 448 g/mol. The molecule has 2 N–H and O–H groups in total. The Balaban J connectivity index is 1.91. The van der Waals surface area contributed by atoms with Gasteiger partial charge in [0.1, 0.15) is 11.9 Å². The molecule has 1 saturated carbocycles. The Morgan fingerprint density at radius 2 is 1.97 bits per heavy atom. The van der Waals surface area contributed by atoms with E-state index in [0.29, 0.717) is 36.2 Å². The molecule has 1 unspecified atom stereocenters. The highest BCUT2D eigenvalue weighted by molar-refractivity contribution is 7.90. The average Bonchev–Trinajstić information content (AvgIpc) is 3.38. The third-order valence-corrected chi connectivity index (χ3v) is 7.46. The third kappa shape index (κ3) is 4.27. The minimum absolute atomic E-state index is 0.0184. The van der Waals surface area contributed by atoms with E-state index < -0.39 is 33.3 Å². The van der Waals surface area contributed by atoms with Crippen molar-refractivity contribution in [1.82, 2.24) is 19.5 Å². The Morgan fingerprint density at radius 1 is 1.28 bits per heavy atom. The molecule has 0 radical (unpaired) electrons. The van der Waals surface area contributed by atoms with E-state index >= 15 is 4.39 Å². The van der Waals surface area contributed by atoms with Crippen molar-refractivity contribution >= 4 is 20.9 Å². The van der Waals surface area contributed by atoms with Crippen LogP contribution >= 0.6 is 0 Å². The van der Waals surface area contributed by atoms with Gasteiger partial charge in [-0.05, 0) is 43.4 Å². The number of alkyl halides is 3. The quantitative estimate of drug-likeness (QED) is 0.484. The van der Waals surface area contributed by atoms with Crippen molar-refractivity contribution in [1.29, 1.82) is 0 Å². The molecule has 6 nitrogen and oxygen atoms in total. The molecule has 4 rings (SSSR count). The molecule has 0 bridgehead atoms. The van der Waals surface area contributed by atoms with Crippen LogP contribution in [0.5, 0.6) is 0 Å². The number of rotatable bonds is 7. The Hall–Kier alpha value is -2.40. The van der Waals surface area contributed by atoms with Gasteiger partial charge in [0, 0.05) is 34.8 Å². The zero-order chi connectivity index (χ0) is 23.4. The average molecular weight is 473 g/mol. The van der Waals surface area contributed by atoms with Gasteiger partial charge in [-0.3, -0.25) is 5.10 Å². The highest BCUT2D eigenvalue weighted by atomic mass is 32.2. The summed E-state index contributed by atoms with van der Waals surface area (Å²) in [6.07, 6.45) is -1.42. The Labute approximate surface area is 183 Å². The standard InChI is InChI=1S/C21H24F4N4O2S/c1-11(2)9-29-10-16(20(21(23,24)25)28-32(30,31)13-4-5-13)14-6-17(22)15(7-18(14)29)19-12(3)8-26-27-19/h6-8,10-11,13,20,28H,4-5,9H2,1-3H3,(H,26,27).